The molecule has 0 aliphatic heterocycles. The van der Waals surface area contributed by atoms with Gasteiger partial charge in [0, 0.05) is 34.4 Å². The highest BCUT2D eigenvalue weighted by Gasteiger charge is 2.01. The summed E-state index contributed by atoms with van der Waals surface area (Å²) in [5.41, 5.74) is 4.75. The van der Waals surface area contributed by atoms with Crippen LogP contribution in [0, 0.1) is 27.7 Å². The highest BCUT2D eigenvalue weighted by molar-refractivity contribution is 8.02. The number of aromatic nitrogens is 4. The zero-order valence-corrected chi connectivity index (χ0v) is 15.6. The van der Waals surface area contributed by atoms with Crippen LogP contribution < -0.4 is 0 Å². The van der Waals surface area contributed by atoms with Crippen LogP contribution in [0.2, 0.25) is 0 Å². The van der Waals surface area contributed by atoms with Crippen molar-refractivity contribution in [3.8, 4) is 0 Å². The van der Waals surface area contributed by atoms with Crippen LogP contribution >= 0.6 is 23.5 Å². The molecular weight excluding hydrogens is 312 g/mol. The standard InChI is InChI=1S/C16H26N4S2/c1-13-11-15(3)19(17-13)5-7-21-9-10-22-8-6-20-16(4)12-14(2)18-20/h11-12H,5-10H2,1-4H3. The lowest BCUT2D eigenvalue weighted by atomic mass is 10.4. The van der Waals surface area contributed by atoms with Gasteiger partial charge in [0.05, 0.1) is 24.5 Å². The summed E-state index contributed by atoms with van der Waals surface area (Å²) in [4.78, 5) is 0. The fourth-order valence-corrected chi connectivity index (χ4v) is 4.38. The van der Waals surface area contributed by atoms with E-state index in [0.717, 1.165) is 36.0 Å². The van der Waals surface area contributed by atoms with E-state index in [4.69, 9.17) is 0 Å². The van der Waals surface area contributed by atoms with E-state index >= 15 is 0 Å². The Morgan fingerprint density at radius 1 is 0.727 bits per heavy atom. The molecule has 0 aliphatic rings. The number of aryl methyl sites for hydroxylation is 6. The van der Waals surface area contributed by atoms with Crippen LogP contribution in [0.25, 0.3) is 0 Å². The molecule has 6 heteroatoms. The third-order valence-corrected chi connectivity index (χ3v) is 5.66. The molecule has 0 amide bonds. The Hall–Kier alpha value is -0.880. The first kappa shape index (κ1) is 17.5. The second-order valence-corrected chi connectivity index (χ2v) is 7.97. The van der Waals surface area contributed by atoms with E-state index in [1.807, 2.05) is 23.5 Å². The molecule has 0 saturated heterocycles. The maximum absolute atomic E-state index is 4.49. The molecule has 0 unspecified atom stereocenters. The van der Waals surface area contributed by atoms with E-state index in [2.05, 4.69) is 59.4 Å². The van der Waals surface area contributed by atoms with Gasteiger partial charge in [0.15, 0.2) is 0 Å². The zero-order chi connectivity index (χ0) is 15.9. The first-order chi connectivity index (χ1) is 10.6. The van der Waals surface area contributed by atoms with Crippen LogP contribution in [0.15, 0.2) is 12.1 Å². The predicted molar refractivity (Wildman–Crippen MR) is 98.1 cm³/mol. The SMILES string of the molecule is Cc1cc(C)n(CCSCCSCCn2nc(C)cc2C)n1. The zero-order valence-electron chi connectivity index (χ0n) is 14.0. The summed E-state index contributed by atoms with van der Waals surface area (Å²) in [6.07, 6.45) is 0. The lowest BCUT2D eigenvalue weighted by molar-refractivity contribution is 0.640. The van der Waals surface area contributed by atoms with Crippen LogP contribution in [0.5, 0.6) is 0 Å². The Labute approximate surface area is 142 Å². The average Bonchev–Trinajstić information content (AvgIpc) is 2.94. The Morgan fingerprint density at radius 3 is 1.45 bits per heavy atom. The van der Waals surface area contributed by atoms with Gasteiger partial charge in [-0.2, -0.15) is 33.7 Å². The lowest BCUT2D eigenvalue weighted by Gasteiger charge is -2.06. The van der Waals surface area contributed by atoms with Crippen LogP contribution in [0.4, 0.5) is 0 Å². The quantitative estimate of drug-likeness (QED) is 0.656. The maximum atomic E-state index is 4.49. The van der Waals surface area contributed by atoms with Crippen molar-refractivity contribution in [3.05, 3.63) is 34.9 Å². The highest BCUT2D eigenvalue weighted by Crippen LogP contribution is 2.10. The number of hydrogen-bond acceptors (Lipinski definition) is 4. The second kappa shape index (κ2) is 8.67. The van der Waals surface area contributed by atoms with Crippen LogP contribution in [-0.2, 0) is 13.1 Å². The maximum Gasteiger partial charge on any atom is 0.0596 e. The molecule has 0 aliphatic carbocycles. The largest absolute Gasteiger partial charge is 0.269 e. The molecule has 22 heavy (non-hydrogen) atoms. The van der Waals surface area contributed by atoms with Gasteiger partial charge in [-0.05, 0) is 39.8 Å². The predicted octanol–water partition coefficient (Wildman–Crippen LogP) is 3.48. The summed E-state index contributed by atoms with van der Waals surface area (Å²) in [5, 5.41) is 8.98. The summed E-state index contributed by atoms with van der Waals surface area (Å²) < 4.78 is 4.22. The molecule has 122 valence electrons. The van der Waals surface area contributed by atoms with Crippen LogP contribution in [-0.4, -0.2) is 42.6 Å². The molecule has 2 heterocycles. The van der Waals surface area contributed by atoms with Gasteiger partial charge >= 0.3 is 0 Å². The Morgan fingerprint density at radius 2 is 1.14 bits per heavy atom. The van der Waals surface area contributed by atoms with Crippen molar-refractivity contribution < 1.29 is 0 Å². The van der Waals surface area contributed by atoms with E-state index in [9.17, 15) is 0 Å². The topological polar surface area (TPSA) is 35.6 Å². The number of thioether (sulfide) groups is 2. The molecule has 0 radical (unpaired) electrons. The molecule has 0 N–H and O–H groups in total. The second-order valence-electron chi connectivity index (χ2n) is 5.53. The minimum absolute atomic E-state index is 1.01. The Balaban J connectivity index is 1.51. The molecule has 0 fully saturated rings. The van der Waals surface area contributed by atoms with Crippen molar-refractivity contribution in [2.75, 3.05) is 23.0 Å². The van der Waals surface area contributed by atoms with Gasteiger partial charge in [-0.1, -0.05) is 0 Å². The molecule has 0 spiro atoms. The number of rotatable bonds is 9. The van der Waals surface area contributed by atoms with Crippen LogP contribution in [0.3, 0.4) is 0 Å². The molecule has 2 aromatic rings. The average molecular weight is 339 g/mol. The highest BCUT2D eigenvalue weighted by atomic mass is 32.2. The third-order valence-electron chi connectivity index (χ3n) is 3.47. The molecule has 0 bridgehead atoms. The molecule has 4 nitrogen and oxygen atoms in total. The Bertz CT molecular complexity index is 537. The van der Waals surface area contributed by atoms with E-state index in [1.54, 1.807) is 0 Å². The smallest absolute Gasteiger partial charge is 0.0596 e. The summed E-state index contributed by atoms with van der Waals surface area (Å²) in [7, 11) is 0. The van der Waals surface area contributed by atoms with Gasteiger partial charge in [0.1, 0.15) is 0 Å². The Kier molecular flexibility index (Phi) is 6.89. The van der Waals surface area contributed by atoms with Crippen molar-refractivity contribution in [2.45, 2.75) is 40.8 Å². The van der Waals surface area contributed by atoms with Crippen molar-refractivity contribution in [2.24, 2.45) is 0 Å². The fourth-order valence-electron chi connectivity index (χ4n) is 2.43. The summed E-state index contributed by atoms with van der Waals surface area (Å²) in [5.74, 6) is 4.70. The number of nitrogens with zero attached hydrogens (tertiary/aromatic N) is 4. The fraction of sp³-hybridized carbons (Fsp3) is 0.625. The van der Waals surface area contributed by atoms with E-state index in [0.29, 0.717) is 0 Å². The van der Waals surface area contributed by atoms with Gasteiger partial charge < -0.3 is 0 Å². The molecule has 2 aromatic heterocycles. The van der Waals surface area contributed by atoms with Crippen LogP contribution in [0.1, 0.15) is 22.8 Å². The van der Waals surface area contributed by atoms with Crippen molar-refractivity contribution in [1.82, 2.24) is 19.6 Å². The lowest BCUT2D eigenvalue weighted by Crippen LogP contribution is -2.06. The summed E-state index contributed by atoms with van der Waals surface area (Å²) >= 11 is 4.03. The molecule has 0 aromatic carbocycles. The molecular formula is C16H26N4S2. The third kappa shape index (κ3) is 5.39. The first-order valence-electron chi connectivity index (χ1n) is 7.74. The monoisotopic (exact) mass is 338 g/mol. The molecule has 0 atom stereocenters. The number of hydrogen-bond donors (Lipinski definition) is 0. The molecule has 2 rings (SSSR count). The molecule has 0 saturated carbocycles. The van der Waals surface area contributed by atoms with E-state index in [1.165, 1.54) is 22.9 Å². The van der Waals surface area contributed by atoms with Gasteiger partial charge in [0.2, 0.25) is 0 Å². The van der Waals surface area contributed by atoms with Gasteiger partial charge in [-0.3, -0.25) is 9.36 Å². The minimum atomic E-state index is 1.01. The van der Waals surface area contributed by atoms with Gasteiger partial charge in [-0.15, -0.1) is 0 Å². The van der Waals surface area contributed by atoms with Crippen molar-refractivity contribution in [3.63, 3.8) is 0 Å². The first-order valence-corrected chi connectivity index (χ1v) is 10.0. The van der Waals surface area contributed by atoms with Gasteiger partial charge in [-0.25, -0.2) is 0 Å². The minimum Gasteiger partial charge on any atom is -0.269 e. The van der Waals surface area contributed by atoms with Gasteiger partial charge in [0.25, 0.3) is 0 Å². The summed E-state index contributed by atoms with van der Waals surface area (Å²) in [6, 6.07) is 4.28. The van der Waals surface area contributed by atoms with E-state index < -0.39 is 0 Å². The van der Waals surface area contributed by atoms with Crippen molar-refractivity contribution in [1.29, 1.82) is 0 Å². The summed E-state index contributed by atoms with van der Waals surface area (Å²) in [6.45, 7) is 10.4. The normalized spacial score (nSPS) is 11.3. The van der Waals surface area contributed by atoms with Crippen molar-refractivity contribution >= 4 is 23.5 Å². The van der Waals surface area contributed by atoms with E-state index in [-0.39, 0.29) is 0 Å².